The number of carbonyl (C=O) groups excluding carboxylic acids is 1. The molecule has 0 heterocycles. The number of nitrogens with two attached hydrogens (primary N) is 2. The molecule has 1 atom stereocenters. The number of rotatable bonds is 8. The summed E-state index contributed by atoms with van der Waals surface area (Å²) in [4.78, 5) is 11.0. The van der Waals surface area contributed by atoms with Crippen molar-refractivity contribution in [1.29, 1.82) is 0 Å². The molecule has 0 bridgehead atoms. The third-order valence-corrected chi connectivity index (χ3v) is 3.31. The quantitative estimate of drug-likeness (QED) is 0.708. The lowest BCUT2D eigenvalue weighted by atomic mass is 10.0. The zero-order chi connectivity index (χ0) is 14.3. The van der Waals surface area contributed by atoms with E-state index < -0.39 is 5.91 Å². The number of hydrogen-bond donors (Lipinski definition) is 2. The van der Waals surface area contributed by atoms with Crippen LogP contribution >= 0.6 is 0 Å². The van der Waals surface area contributed by atoms with Crippen LogP contribution in [0.15, 0.2) is 18.2 Å². The zero-order valence-corrected chi connectivity index (χ0v) is 11.8. The van der Waals surface area contributed by atoms with E-state index in [-0.39, 0.29) is 0 Å². The second kappa shape index (κ2) is 7.67. The monoisotopic (exact) mass is 264 g/mol. The molecule has 1 rings (SSSR count). The lowest BCUT2D eigenvalue weighted by Crippen LogP contribution is -2.14. The van der Waals surface area contributed by atoms with Crippen LogP contribution in [0.1, 0.15) is 49.9 Å². The van der Waals surface area contributed by atoms with E-state index in [2.05, 4.69) is 13.8 Å². The summed E-state index contributed by atoms with van der Waals surface area (Å²) in [6.45, 7) is 5.02. The van der Waals surface area contributed by atoms with Gasteiger partial charge < -0.3 is 16.2 Å². The largest absolute Gasteiger partial charge is 0.491 e. The molecule has 0 aliphatic carbocycles. The van der Waals surface area contributed by atoms with Gasteiger partial charge in [-0.1, -0.05) is 33.1 Å². The molecule has 19 heavy (non-hydrogen) atoms. The summed E-state index contributed by atoms with van der Waals surface area (Å²) >= 11 is 0. The summed E-state index contributed by atoms with van der Waals surface area (Å²) in [7, 11) is 0. The molecule has 0 aromatic heterocycles. The van der Waals surface area contributed by atoms with Gasteiger partial charge in [-0.05, 0) is 30.5 Å². The van der Waals surface area contributed by atoms with E-state index >= 15 is 0 Å². The Morgan fingerprint density at radius 3 is 2.63 bits per heavy atom. The summed E-state index contributed by atoms with van der Waals surface area (Å²) in [5.74, 6) is 0.697. The van der Waals surface area contributed by atoms with E-state index in [4.69, 9.17) is 16.2 Å². The molecule has 106 valence electrons. The summed E-state index contributed by atoms with van der Waals surface area (Å²) in [6, 6.07) is 4.91. The van der Waals surface area contributed by atoms with Crippen LogP contribution in [0.5, 0.6) is 5.75 Å². The number of unbranched alkanes of at least 4 members (excludes halogenated alkanes) is 1. The summed E-state index contributed by atoms with van der Waals surface area (Å²) < 4.78 is 5.74. The average molecular weight is 264 g/mol. The van der Waals surface area contributed by atoms with Crippen LogP contribution in [-0.4, -0.2) is 12.5 Å². The first kappa shape index (κ1) is 15.3. The van der Waals surface area contributed by atoms with Gasteiger partial charge in [0.25, 0.3) is 0 Å². The molecule has 4 N–H and O–H groups in total. The number of anilines is 1. The van der Waals surface area contributed by atoms with Crippen LogP contribution < -0.4 is 16.2 Å². The minimum Gasteiger partial charge on any atom is -0.491 e. The van der Waals surface area contributed by atoms with E-state index in [1.165, 1.54) is 19.3 Å². The lowest BCUT2D eigenvalue weighted by molar-refractivity contribution is 0.100. The highest BCUT2D eigenvalue weighted by atomic mass is 16.5. The Kier molecular flexibility index (Phi) is 6.19. The van der Waals surface area contributed by atoms with Crippen molar-refractivity contribution in [1.82, 2.24) is 0 Å². The summed E-state index contributed by atoms with van der Waals surface area (Å²) in [5.41, 5.74) is 11.9. The fourth-order valence-corrected chi connectivity index (χ4v) is 1.94. The highest BCUT2D eigenvalue weighted by molar-refractivity contribution is 5.94. The number of hydrogen-bond acceptors (Lipinski definition) is 3. The van der Waals surface area contributed by atoms with E-state index in [0.717, 1.165) is 6.42 Å². The maximum atomic E-state index is 11.0. The Labute approximate surface area is 115 Å². The summed E-state index contributed by atoms with van der Waals surface area (Å²) in [6.07, 6.45) is 4.69. The van der Waals surface area contributed by atoms with Gasteiger partial charge in [0.1, 0.15) is 5.75 Å². The fourth-order valence-electron chi connectivity index (χ4n) is 1.94. The second-order valence-electron chi connectivity index (χ2n) is 4.84. The predicted octanol–water partition coefficient (Wildman–Crippen LogP) is 2.96. The van der Waals surface area contributed by atoms with E-state index in [9.17, 15) is 4.79 Å². The van der Waals surface area contributed by atoms with Crippen molar-refractivity contribution in [3.8, 4) is 5.75 Å². The Balaban J connectivity index is 2.59. The van der Waals surface area contributed by atoms with Gasteiger partial charge in [-0.15, -0.1) is 0 Å². The number of benzene rings is 1. The predicted molar refractivity (Wildman–Crippen MR) is 78.2 cm³/mol. The van der Waals surface area contributed by atoms with Gasteiger partial charge in [0.05, 0.1) is 12.3 Å². The van der Waals surface area contributed by atoms with Gasteiger partial charge in [-0.2, -0.15) is 0 Å². The van der Waals surface area contributed by atoms with Crippen molar-refractivity contribution in [3.05, 3.63) is 23.8 Å². The molecule has 0 aliphatic rings. The van der Waals surface area contributed by atoms with Crippen molar-refractivity contribution in [2.24, 2.45) is 11.7 Å². The topological polar surface area (TPSA) is 78.3 Å². The van der Waals surface area contributed by atoms with Crippen LogP contribution in [0.25, 0.3) is 0 Å². The van der Waals surface area contributed by atoms with Crippen LogP contribution in [0.2, 0.25) is 0 Å². The highest BCUT2D eigenvalue weighted by Crippen LogP contribution is 2.24. The zero-order valence-electron chi connectivity index (χ0n) is 11.8. The Hall–Kier alpha value is -1.71. The van der Waals surface area contributed by atoms with Crippen molar-refractivity contribution in [2.45, 2.75) is 39.5 Å². The van der Waals surface area contributed by atoms with Crippen LogP contribution in [0.4, 0.5) is 5.69 Å². The standard InChI is InChI=1S/C15H24N2O2/c1-3-5-6-11(4-2)10-19-14-8-7-12(15(17)18)9-13(14)16/h7-9,11H,3-6,10,16H2,1-2H3,(H2,17,18). The lowest BCUT2D eigenvalue weighted by Gasteiger charge is -2.16. The molecule has 1 aromatic carbocycles. The number of primary amides is 1. The number of carbonyl (C=O) groups is 1. The van der Waals surface area contributed by atoms with E-state index in [1.807, 2.05) is 0 Å². The van der Waals surface area contributed by atoms with Crippen LogP contribution in [0.3, 0.4) is 0 Å². The van der Waals surface area contributed by atoms with Gasteiger partial charge in [0.2, 0.25) is 5.91 Å². The SMILES string of the molecule is CCCCC(CC)COc1ccc(C(N)=O)cc1N. The number of ether oxygens (including phenoxy) is 1. The molecule has 0 spiro atoms. The second-order valence-corrected chi connectivity index (χ2v) is 4.84. The Bertz CT molecular complexity index is 419. The average Bonchev–Trinajstić information content (AvgIpc) is 2.40. The smallest absolute Gasteiger partial charge is 0.248 e. The first-order valence-electron chi connectivity index (χ1n) is 6.90. The molecular formula is C15H24N2O2. The number of amides is 1. The molecular weight excluding hydrogens is 240 g/mol. The molecule has 0 radical (unpaired) electrons. The minimum atomic E-state index is -0.479. The van der Waals surface area contributed by atoms with Gasteiger partial charge in [0.15, 0.2) is 0 Å². The van der Waals surface area contributed by atoms with Crippen LogP contribution in [-0.2, 0) is 0 Å². The third-order valence-electron chi connectivity index (χ3n) is 3.31. The Morgan fingerprint density at radius 2 is 2.11 bits per heavy atom. The fraction of sp³-hybridized carbons (Fsp3) is 0.533. The molecule has 4 nitrogen and oxygen atoms in total. The van der Waals surface area contributed by atoms with Crippen LogP contribution in [0, 0.1) is 5.92 Å². The third kappa shape index (κ3) is 4.81. The maximum Gasteiger partial charge on any atom is 0.248 e. The first-order valence-corrected chi connectivity index (χ1v) is 6.90. The van der Waals surface area contributed by atoms with Crippen molar-refractivity contribution in [2.75, 3.05) is 12.3 Å². The molecule has 0 fully saturated rings. The minimum absolute atomic E-state index is 0.405. The van der Waals surface area contributed by atoms with Gasteiger partial charge >= 0.3 is 0 Å². The molecule has 0 aliphatic heterocycles. The van der Waals surface area contributed by atoms with Crippen molar-refractivity contribution >= 4 is 11.6 Å². The van der Waals surface area contributed by atoms with Gasteiger partial charge in [-0.3, -0.25) is 4.79 Å². The molecule has 1 unspecified atom stereocenters. The Morgan fingerprint density at radius 1 is 1.37 bits per heavy atom. The molecule has 1 amide bonds. The molecule has 0 saturated heterocycles. The summed E-state index contributed by atoms with van der Waals surface area (Å²) in [5, 5.41) is 0. The van der Waals surface area contributed by atoms with Gasteiger partial charge in [-0.25, -0.2) is 0 Å². The van der Waals surface area contributed by atoms with E-state index in [0.29, 0.717) is 29.5 Å². The van der Waals surface area contributed by atoms with Crippen molar-refractivity contribution < 1.29 is 9.53 Å². The van der Waals surface area contributed by atoms with Crippen molar-refractivity contribution in [3.63, 3.8) is 0 Å². The maximum absolute atomic E-state index is 11.0. The first-order chi connectivity index (χ1) is 9.08. The van der Waals surface area contributed by atoms with E-state index in [1.54, 1.807) is 18.2 Å². The molecule has 1 aromatic rings. The van der Waals surface area contributed by atoms with Gasteiger partial charge in [0, 0.05) is 5.56 Å². The number of nitrogen functional groups attached to an aromatic ring is 1. The highest BCUT2D eigenvalue weighted by Gasteiger charge is 2.10. The molecule has 0 saturated carbocycles. The normalized spacial score (nSPS) is 12.1. The molecule has 4 heteroatoms.